The van der Waals surface area contributed by atoms with E-state index in [0.717, 1.165) is 5.56 Å². The lowest BCUT2D eigenvalue weighted by Gasteiger charge is -2.25. The molecule has 0 spiro atoms. The first-order valence-corrected chi connectivity index (χ1v) is 8.39. The summed E-state index contributed by atoms with van der Waals surface area (Å²) >= 11 is 0. The summed E-state index contributed by atoms with van der Waals surface area (Å²) in [6.07, 6.45) is 0. The highest BCUT2D eigenvalue weighted by atomic mass is 19.1. The second kappa shape index (κ2) is 9.54. The fraction of sp³-hybridized carbons (Fsp3) is 0.300. The number of hydrogen-bond acceptors (Lipinski definition) is 3. The van der Waals surface area contributed by atoms with Crippen LogP contribution in [0.25, 0.3) is 0 Å². The topological polar surface area (TPSA) is 59.4 Å². The number of carbonyl (C=O) groups excluding carboxylic acids is 1. The molecule has 2 aromatic carbocycles. The number of urea groups is 1. The summed E-state index contributed by atoms with van der Waals surface area (Å²) in [5.74, 6) is -0.334. The van der Waals surface area contributed by atoms with E-state index in [-0.39, 0.29) is 18.4 Å². The Morgan fingerprint density at radius 3 is 2.42 bits per heavy atom. The third kappa shape index (κ3) is 5.87. The Bertz CT molecular complexity index is 768. The molecule has 26 heavy (non-hydrogen) atoms. The molecule has 0 unspecified atom stereocenters. The summed E-state index contributed by atoms with van der Waals surface area (Å²) in [5.41, 5.74) is 1.97. The Labute approximate surface area is 153 Å². The number of amides is 2. The van der Waals surface area contributed by atoms with Gasteiger partial charge >= 0.3 is 6.03 Å². The minimum absolute atomic E-state index is 0.136. The summed E-state index contributed by atoms with van der Waals surface area (Å²) in [6.45, 7) is 1.81. The maximum absolute atomic E-state index is 13.7. The van der Waals surface area contributed by atoms with Crippen LogP contribution in [0.3, 0.4) is 0 Å². The quantitative estimate of drug-likeness (QED) is 0.832. The number of carbonyl (C=O) groups is 1. The molecule has 5 nitrogen and oxygen atoms in total. The van der Waals surface area contributed by atoms with Crippen LogP contribution in [0.15, 0.2) is 48.5 Å². The summed E-state index contributed by atoms with van der Waals surface area (Å²) in [4.78, 5) is 16.3. The van der Waals surface area contributed by atoms with E-state index in [1.807, 2.05) is 31.1 Å². The van der Waals surface area contributed by atoms with Gasteiger partial charge < -0.3 is 15.1 Å². The van der Waals surface area contributed by atoms with Crippen molar-refractivity contribution in [1.29, 1.82) is 5.26 Å². The minimum atomic E-state index is -0.334. The lowest BCUT2D eigenvalue weighted by molar-refractivity contribution is 0.188. The summed E-state index contributed by atoms with van der Waals surface area (Å²) in [5, 5.41) is 11.7. The Kier molecular flexibility index (Phi) is 7.12. The predicted octanol–water partition coefficient (Wildman–Crippen LogP) is 2.97. The molecule has 0 heterocycles. The zero-order valence-electron chi connectivity index (χ0n) is 15.1. The van der Waals surface area contributed by atoms with E-state index in [4.69, 9.17) is 5.26 Å². The van der Waals surface area contributed by atoms with Gasteiger partial charge in [0.25, 0.3) is 0 Å². The van der Waals surface area contributed by atoms with Crippen molar-refractivity contribution in [3.05, 3.63) is 71.0 Å². The Hall–Kier alpha value is -2.91. The van der Waals surface area contributed by atoms with Gasteiger partial charge in [-0.05, 0) is 37.9 Å². The van der Waals surface area contributed by atoms with Crippen molar-refractivity contribution in [3.8, 4) is 6.07 Å². The highest BCUT2D eigenvalue weighted by Gasteiger charge is 2.14. The molecule has 0 bridgehead atoms. The first-order valence-electron chi connectivity index (χ1n) is 8.39. The molecule has 136 valence electrons. The van der Waals surface area contributed by atoms with Crippen molar-refractivity contribution in [3.63, 3.8) is 0 Å². The third-order valence-corrected chi connectivity index (χ3v) is 3.95. The van der Waals surface area contributed by atoms with Crippen LogP contribution in [-0.4, -0.2) is 43.0 Å². The van der Waals surface area contributed by atoms with E-state index in [9.17, 15) is 9.18 Å². The molecule has 2 aromatic rings. The lowest BCUT2D eigenvalue weighted by atomic mass is 10.1. The molecule has 2 amide bonds. The summed E-state index contributed by atoms with van der Waals surface area (Å²) in [7, 11) is 3.88. The van der Waals surface area contributed by atoms with Gasteiger partial charge in [-0.3, -0.25) is 0 Å². The second-order valence-electron chi connectivity index (χ2n) is 6.28. The van der Waals surface area contributed by atoms with Crippen LogP contribution in [0.4, 0.5) is 9.18 Å². The minimum Gasteiger partial charge on any atom is -0.334 e. The Morgan fingerprint density at radius 1 is 1.12 bits per heavy atom. The van der Waals surface area contributed by atoms with Gasteiger partial charge in [0.1, 0.15) is 5.82 Å². The molecule has 2 rings (SSSR count). The van der Waals surface area contributed by atoms with Crippen LogP contribution in [0.2, 0.25) is 0 Å². The van der Waals surface area contributed by atoms with Gasteiger partial charge in [0.2, 0.25) is 0 Å². The zero-order valence-corrected chi connectivity index (χ0v) is 15.1. The van der Waals surface area contributed by atoms with Crippen molar-refractivity contribution < 1.29 is 9.18 Å². The maximum Gasteiger partial charge on any atom is 0.318 e. The number of benzene rings is 2. The van der Waals surface area contributed by atoms with E-state index >= 15 is 0 Å². The number of hydrogen-bond donors (Lipinski definition) is 1. The molecule has 6 heteroatoms. The number of likely N-dealkylation sites (N-methyl/N-ethyl adjacent to an activating group) is 1. The van der Waals surface area contributed by atoms with E-state index in [2.05, 4.69) is 11.4 Å². The molecule has 0 aromatic heterocycles. The highest BCUT2D eigenvalue weighted by Crippen LogP contribution is 2.09. The van der Waals surface area contributed by atoms with Gasteiger partial charge in [0.05, 0.1) is 11.6 Å². The van der Waals surface area contributed by atoms with Gasteiger partial charge in [-0.15, -0.1) is 0 Å². The average Bonchev–Trinajstić information content (AvgIpc) is 2.64. The van der Waals surface area contributed by atoms with Crippen molar-refractivity contribution in [2.24, 2.45) is 0 Å². The molecule has 0 aliphatic carbocycles. The first kappa shape index (κ1) is 19.4. The number of rotatable bonds is 7. The molecule has 0 saturated heterocycles. The van der Waals surface area contributed by atoms with Crippen LogP contribution < -0.4 is 5.32 Å². The number of halogens is 1. The fourth-order valence-electron chi connectivity index (χ4n) is 2.40. The molecule has 0 atom stereocenters. The predicted molar refractivity (Wildman–Crippen MR) is 98.8 cm³/mol. The van der Waals surface area contributed by atoms with Crippen LogP contribution in [-0.2, 0) is 13.1 Å². The third-order valence-electron chi connectivity index (χ3n) is 3.95. The highest BCUT2D eigenvalue weighted by molar-refractivity contribution is 5.74. The monoisotopic (exact) mass is 354 g/mol. The van der Waals surface area contributed by atoms with E-state index in [1.54, 1.807) is 35.2 Å². The van der Waals surface area contributed by atoms with Crippen molar-refractivity contribution in [2.45, 2.75) is 13.1 Å². The van der Waals surface area contributed by atoms with Crippen LogP contribution in [0.1, 0.15) is 16.7 Å². The number of nitrogens with one attached hydrogen (secondary N) is 1. The van der Waals surface area contributed by atoms with Gasteiger partial charge in [0, 0.05) is 31.7 Å². The number of nitriles is 1. The van der Waals surface area contributed by atoms with Gasteiger partial charge in [-0.1, -0.05) is 30.3 Å². The second-order valence-corrected chi connectivity index (χ2v) is 6.28. The first-order chi connectivity index (χ1) is 12.5. The van der Waals surface area contributed by atoms with Gasteiger partial charge in [-0.25, -0.2) is 9.18 Å². The normalized spacial score (nSPS) is 10.4. The van der Waals surface area contributed by atoms with Crippen molar-refractivity contribution in [2.75, 3.05) is 27.2 Å². The zero-order chi connectivity index (χ0) is 18.9. The maximum atomic E-state index is 13.7. The summed E-state index contributed by atoms with van der Waals surface area (Å²) < 4.78 is 13.7. The van der Waals surface area contributed by atoms with Crippen molar-refractivity contribution >= 4 is 6.03 Å². The Morgan fingerprint density at radius 2 is 1.81 bits per heavy atom. The molecule has 0 saturated carbocycles. The van der Waals surface area contributed by atoms with E-state index < -0.39 is 0 Å². The standard InChI is InChI=1S/C20H23FN4O/c1-24(2)11-12-25(15-17-9-7-16(13-22)8-10-17)20(26)23-14-18-5-3-4-6-19(18)21/h3-10H,11-12,14-15H2,1-2H3,(H,23,26). The molecule has 0 fully saturated rings. The van der Waals surface area contributed by atoms with Gasteiger partial charge in [0.15, 0.2) is 0 Å². The fourth-order valence-corrected chi connectivity index (χ4v) is 2.40. The number of nitrogens with zero attached hydrogens (tertiary/aromatic N) is 3. The molecule has 0 radical (unpaired) electrons. The van der Waals surface area contributed by atoms with Crippen LogP contribution in [0.5, 0.6) is 0 Å². The van der Waals surface area contributed by atoms with Gasteiger partial charge in [-0.2, -0.15) is 5.26 Å². The summed E-state index contributed by atoms with van der Waals surface area (Å²) in [6, 6.07) is 15.4. The lowest BCUT2D eigenvalue weighted by Crippen LogP contribution is -2.42. The van der Waals surface area contributed by atoms with Crippen molar-refractivity contribution in [1.82, 2.24) is 15.1 Å². The average molecular weight is 354 g/mol. The molecular weight excluding hydrogens is 331 g/mol. The largest absolute Gasteiger partial charge is 0.334 e. The van der Waals surface area contributed by atoms with E-state index in [0.29, 0.717) is 30.8 Å². The molecule has 0 aliphatic rings. The smallest absolute Gasteiger partial charge is 0.318 e. The molecule has 0 aliphatic heterocycles. The van der Waals surface area contributed by atoms with Crippen LogP contribution >= 0.6 is 0 Å². The molecular formula is C20H23FN4O. The SMILES string of the molecule is CN(C)CCN(Cc1ccc(C#N)cc1)C(=O)NCc1ccccc1F. The van der Waals surface area contributed by atoms with Crippen LogP contribution in [0, 0.1) is 17.1 Å². The van der Waals surface area contributed by atoms with E-state index in [1.165, 1.54) is 6.07 Å². The molecule has 1 N–H and O–H groups in total. The Balaban J connectivity index is 2.03.